The Morgan fingerprint density at radius 2 is 2.10 bits per heavy atom. The van der Waals surface area contributed by atoms with Crippen LogP contribution in [-0.4, -0.2) is 10.1 Å². The molecule has 3 heteroatoms. The molecule has 10 heavy (non-hydrogen) atoms. The third-order valence-electron chi connectivity index (χ3n) is 1.12. The smallest absolute Gasteiger partial charge is 0.0971 e. The maximum atomic E-state index is 8.90. The van der Waals surface area contributed by atoms with Crippen LogP contribution in [-0.2, 0) is 21.1 Å². The number of pyridine rings is 1. The van der Waals surface area contributed by atoms with Crippen molar-refractivity contribution in [2.45, 2.75) is 13.8 Å². The van der Waals surface area contributed by atoms with Crippen LogP contribution in [0.3, 0.4) is 0 Å². The summed E-state index contributed by atoms with van der Waals surface area (Å²) in [5.41, 5.74) is 1.75. The van der Waals surface area contributed by atoms with Gasteiger partial charge >= 0.3 is 0 Å². The van der Waals surface area contributed by atoms with Crippen molar-refractivity contribution in [3.8, 4) is 5.88 Å². The quantitative estimate of drug-likeness (QED) is 0.731. The van der Waals surface area contributed by atoms with E-state index in [-0.39, 0.29) is 26.9 Å². The fourth-order valence-corrected chi connectivity index (χ4v) is 0.651. The maximum Gasteiger partial charge on any atom is 0.0971 e. The number of aromatic nitrogens is 1. The molecule has 54 valence electrons. The zero-order valence-corrected chi connectivity index (χ0v) is 8.81. The van der Waals surface area contributed by atoms with Crippen molar-refractivity contribution in [2.24, 2.45) is 0 Å². The van der Waals surface area contributed by atoms with E-state index in [4.69, 9.17) is 5.11 Å². The second kappa shape index (κ2) is 3.72. The Balaban J connectivity index is 0.000000810. The van der Waals surface area contributed by atoms with Gasteiger partial charge < -0.3 is 10.1 Å². The van der Waals surface area contributed by atoms with Gasteiger partial charge in [-0.25, -0.2) is 0 Å². The van der Waals surface area contributed by atoms with Crippen molar-refractivity contribution in [2.75, 3.05) is 0 Å². The van der Waals surface area contributed by atoms with E-state index < -0.39 is 0 Å². The first-order chi connectivity index (χ1) is 4.20. The third kappa shape index (κ3) is 2.11. The molecule has 0 bridgehead atoms. The molecular formula is C7H8NOW-. The minimum atomic E-state index is 0. The molecule has 0 aliphatic rings. The first-order valence-corrected chi connectivity index (χ1v) is 2.75. The largest absolute Gasteiger partial charge is 0.550 e. The molecule has 0 aliphatic carbocycles. The Hall–Kier alpha value is -0.362. The standard InChI is InChI=1S/C7H8NO.W/c1-5-3-6(2)7(9)8-4-5;/h3H,1-2H3,(H,8,9);/q-1;. The summed E-state index contributed by atoms with van der Waals surface area (Å²) >= 11 is 0. The van der Waals surface area contributed by atoms with Crippen molar-refractivity contribution in [3.63, 3.8) is 0 Å². The van der Waals surface area contributed by atoms with Gasteiger partial charge in [0.15, 0.2) is 0 Å². The van der Waals surface area contributed by atoms with Crippen LogP contribution in [0.4, 0.5) is 0 Å². The summed E-state index contributed by atoms with van der Waals surface area (Å²) in [6.45, 7) is 3.70. The maximum absolute atomic E-state index is 8.90. The SMILES string of the molecule is Cc1[c-]nc(O)c(C)c1.[W]. The van der Waals surface area contributed by atoms with Crippen molar-refractivity contribution in [3.05, 3.63) is 23.4 Å². The second-order valence-electron chi connectivity index (χ2n) is 2.06. The first-order valence-electron chi connectivity index (χ1n) is 2.75. The summed E-state index contributed by atoms with van der Waals surface area (Å²) in [5, 5.41) is 8.90. The Labute approximate surface area is 74.6 Å². The third-order valence-corrected chi connectivity index (χ3v) is 1.12. The summed E-state index contributed by atoms with van der Waals surface area (Å²) in [4.78, 5) is 3.61. The summed E-state index contributed by atoms with van der Waals surface area (Å²) in [7, 11) is 0. The molecule has 1 heterocycles. The molecule has 0 fully saturated rings. The molecule has 0 spiro atoms. The Kier molecular flexibility index (Phi) is 3.59. The molecule has 1 aromatic heterocycles. The molecule has 0 unspecified atom stereocenters. The summed E-state index contributed by atoms with van der Waals surface area (Å²) < 4.78 is 0. The molecule has 0 saturated carbocycles. The first kappa shape index (κ1) is 9.64. The molecular weight excluding hydrogens is 298 g/mol. The average Bonchev–Trinajstić information content (AvgIpc) is 1.80. The van der Waals surface area contributed by atoms with Crippen LogP contribution in [0, 0.1) is 20.0 Å². The van der Waals surface area contributed by atoms with Gasteiger partial charge in [0, 0.05) is 21.1 Å². The molecule has 1 aromatic rings. The van der Waals surface area contributed by atoms with Crippen molar-refractivity contribution in [1.82, 2.24) is 4.98 Å². The predicted octanol–water partition coefficient (Wildman–Crippen LogP) is 1.20. The molecule has 0 aromatic carbocycles. The van der Waals surface area contributed by atoms with Crippen molar-refractivity contribution in [1.29, 1.82) is 0 Å². The molecule has 0 saturated heterocycles. The zero-order chi connectivity index (χ0) is 6.85. The van der Waals surface area contributed by atoms with Gasteiger partial charge in [0.1, 0.15) is 0 Å². The molecule has 0 amide bonds. The number of aromatic hydroxyl groups is 1. The van der Waals surface area contributed by atoms with Gasteiger partial charge in [0.2, 0.25) is 0 Å². The molecule has 1 N–H and O–H groups in total. The van der Waals surface area contributed by atoms with Crippen LogP contribution in [0.5, 0.6) is 5.88 Å². The number of hydrogen-bond acceptors (Lipinski definition) is 2. The van der Waals surface area contributed by atoms with E-state index in [9.17, 15) is 0 Å². The summed E-state index contributed by atoms with van der Waals surface area (Å²) in [6, 6.07) is 1.84. The van der Waals surface area contributed by atoms with Gasteiger partial charge in [-0.2, -0.15) is 6.07 Å². The van der Waals surface area contributed by atoms with Crippen molar-refractivity contribution < 1.29 is 26.2 Å². The minimum absolute atomic E-state index is 0. The molecule has 1 rings (SSSR count). The Morgan fingerprint density at radius 3 is 2.50 bits per heavy atom. The number of nitrogens with zero attached hydrogens (tertiary/aromatic N) is 1. The van der Waals surface area contributed by atoms with Gasteiger partial charge in [-0.3, -0.25) is 0 Å². The van der Waals surface area contributed by atoms with Crippen LogP contribution < -0.4 is 0 Å². The molecule has 0 aliphatic heterocycles. The summed E-state index contributed by atoms with van der Waals surface area (Å²) in [5.74, 6) is 0.0700. The minimum Gasteiger partial charge on any atom is -0.550 e. The van der Waals surface area contributed by atoms with Crippen molar-refractivity contribution >= 4 is 0 Å². The molecule has 0 radical (unpaired) electrons. The topological polar surface area (TPSA) is 33.1 Å². The van der Waals surface area contributed by atoms with Crippen LogP contribution in [0.15, 0.2) is 6.07 Å². The van der Waals surface area contributed by atoms with Gasteiger partial charge in [-0.1, -0.05) is 20.0 Å². The van der Waals surface area contributed by atoms with E-state index in [0.717, 1.165) is 11.1 Å². The molecule has 0 atom stereocenters. The van der Waals surface area contributed by atoms with Gasteiger partial charge in [-0.15, -0.1) is 11.1 Å². The van der Waals surface area contributed by atoms with E-state index in [2.05, 4.69) is 11.2 Å². The van der Waals surface area contributed by atoms with Gasteiger partial charge in [-0.05, 0) is 0 Å². The average molecular weight is 306 g/mol. The normalized spacial score (nSPS) is 8.60. The number of rotatable bonds is 0. The second-order valence-corrected chi connectivity index (χ2v) is 2.06. The fourth-order valence-electron chi connectivity index (χ4n) is 0.651. The molecule has 2 nitrogen and oxygen atoms in total. The van der Waals surface area contributed by atoms with Gasteiger partial charge in [0.05, 0.1) is 5.88 Å². The van der Waals surface area contributed by atoms with Crippen LogP contribution in [0.25, 0.3) is 0 Å². The van der Waals surface area contributed by atoms with Crippen LogP contribution >= 0.6 is 0 Å². The van der Waals surface area contributed by atoms with E-state index in [0.29, 0.717) is 0 Å². The monoisotopic (exact) mass is 306 g/mol. The van der Waals surface area contributed by atoms with Crippen LogP contribution in [0.2, 0.25) is 0 Å². The van der Waals surface area contributed by atoms with E-state index in [1.807, 2.05) is 19.9 Å². The fraction of sp³-hybridized carbons (Fsp3) is 0.286. The van der Waals surface area contributed by atoms with Gasteiger partial charge in [0.25, 0.3) is 0 Å². The predicted molar refractivity (Wildman–Crippen MR) is 34.2 cm³/mol. The summed E-state index contributed by atoms with van der Waals surface area (Å²) in [6.07, 6.45) is 2.64. The Bertz CT molecular complexity index is 225. The Morgan fingerprint density at radius 1 is 1.50 bits per heavy atom. The van der Waals surface area contributed by atoms with E-state index >= 15 is 0 Å². The van der Waals surface area contributed by atoms with E-state index in [1.165, 1.54) is 0 Å². The zero-order valence-electron chi connectivity index (χ0n) is 5.88. The number of hydrogen-bond donors (Lipinski definition) is 1. The van der Waals surface area contributed by atoms with E-state index in [1.54, 1.807) is 0 Å². The van der Waals surface area contributed by atoms with Crippen LogP contribution in [0.1, 0.15) is 11.1 Å². The number of aryl methyl sites for hydroxylation is 2.